The largest absolute Gasteiger partial charge is 0.477 e. The molecule has 1 aromatic rings. The molecule has 2 heterocycles. The first-order chi connectivity index (χ1) is 8.25. The molecule has 1 aliphatic rings. The van der Waals surface area contributed by atoms with Crippen molar-refractivity contribution in [3.63, 3.8) is 0 Å². The minimum atomic E-state index is -0.984. The highest BCUT2D eigenvalue weighted by Crippen LogP contribution is 2.23. The van der Waals surface area contributed by atoms with Gasteiger partial charge in [-0.3, -0.25) is 0 Å². The zero-order chi connectivity index (χ0) is 12.1. The van der Waals surface area contributed by atoms with E-state index in [1.807, 2.05) is 17.8 Å². The van der Waals surface area contributed by atoms with E-state index in [4.69, 9.17) is 5.11 Å². The molecule has 0 aliphatic carbocycles. The first-order valence-corrected chi connectivity index (χ1v) is 6.92. The second-order valence-electron chi connectivity index (χ2n) is 4.17. The number of pyridine rings is 1. The van der Waals surface area contributed by atoms with Crippen molar-refractivity contribution in [1.82, 2.24) is 4.98 Å². The average Bonchev–Trinajstić information content (AvgIpc) is 2.38. The maximum atomic E-state index is 10.8. The summed E-state index contributed by atoms with van der Waals surface area (Å²) in [6.45, 7) is 0.920. The van der Waals surface area contributed by atoms with Crippen molar-refractivity contribution in [2.24, 2.45) is 5.92 Å². The third kappa shape index (κ3) is 3.63. The lowest BCUT2D eigenvalue weighted by Crippen LogP contribution is -2.19. The fraction of sp³-hybridized carbons (Fsp3) is 0.500. The molecule has 4 nitrogen and oxygen atoms in total. The van der Waals surface area contributed by atoms with E-state index < -0.39 is 5.97 Å². The van der Waals surface area contributed by atoms with Gasteiger partial charge in [0.05, 0.1) is 0 Å². The second-order valence-corrected chi connectivity index (χ2v) is 5.40. The lowest BCUT2D eigenvalue weighted by Gasteiger charge is -2.22. The normalized spacial score (nSPS) is 16.7. The van der Waals surface area contributed by atoms with Crippen molar-refractivity contribution in [1.29, 1.82) is 0 Å². The highest BCUT2D eigenvalue weighted by atomic mass is 32.2. The van der Waals surface area contributed by atoms with Crippen LogP contribution in [0.2, 0.25) is 0 Å². The molecule has 1 aromatic heterocycles. The molecule has 1 aliphatic heterocycles. The van der Waals surface area contributed by atoms with Gasteiger partial charge in [0.1, 0.15) is 5.69 Å². The van der Waals surface area contributed by atoms with E-state index in [2.05, 4.69) is 10.3 Å². The molecule has 0 radical (unpaired) electrons. The van der Waals surface area contributed by atoms with Crippen LogP contribution in [-0.2, 0) is 0 Å². The molecule has 0 spiro atoms. The summed E-state index contributed by atoms with van der Waals surface area (Å²) in [6, 6.07) is 3.39. The number of carboxylic acids is 1. The number of nitrogens with one attached hydrogen (secondary N) is 1. The minimum Gasteiger partial charge on any atom is -0.477 e. The van der Waals surface area contributed by atoms with Gasteiger partial charge in [0.2, 0.25) is 0 Å². The van der Waals surface area contributed by atoms with E-state index in [0.29, 0.717) is 5.92 Å². The van der Waals surface area contributed by atoms with Crippen molar-refractivity contribution < 1.29 is 9.90 Å². The van der Waals surface area contributed by atoms with Crippen LogP contribution in [-0.4, -0.2) is 34.1 Å². The smallest absolute Gasteiger partial charge is 0.354 e. The van der Waals surface area contributed by atoms with Crippen molar-refractivity contribution in [3.05, 3.63) is 24.0 Å². The Kier molecular flexibility index (Phi) is 4.25. The Balaban J connectivity index is 1.89. The van der Waals surface area contributed by atoms with Crippen LogP contribution in [0.25, 0.3) is 0 Å². The Labute approximate surface area is 105 Å². The molecular weight excluding hydrogens is 236 g/mol. The van der Waals surface area contributed by atoms with Crippen LogP contribution in [0.3, 0.4) is 0 Å². The summed E-state index contributed by atoms with van der Waals surface area (Å²) in [7, 11) is 0. The van der Waals surface area contributed by atoms with Crippen LogP contribution in [0.4, 0.5) is 5.69 Å². The minimum absolute atomic E-state index is 0.0919. The topological polar surface area (TPSA) is 62.2 Å². The molecule has 2 N–H and O–H groups in total. The molecular formula is C12H16N2O2S. The molecule has 0 atom stereocenters. The maximum Gasteiger partial charge on any atom is 0.354 e. The highest BCUT2D eigenvalue weighted by molar-refractivity contribution is 7.99. The van der Waals surface area contributed by atoms with Crippen LogP contribution < -0.4 is 5.32 Å². The van der Waals surface area contributed by atoms with E-state index in [0.717, 1.165) is 12.2 Å². The number of anilines is 1. The Morgan fingerprint density at radius 2 is 2.29 bits per heavy atom. The Morgan fingerprint density at radius 3 is 3.00 bits per heavy atom. The van der Waals surface area contributed by atoms with Gasteiger partial charge in [-0.25, -0.2) is 9.78 Å². The number of carboxylic acid groups (broad SMARTS) is 1. The molecule has 2 rings (SSSR count). The number of nitrogens with zero attached hydrogens (tertiary/aromatic N) is 1. The lowest BCUT2D eigenvalue weighted by molar-refractivity contribution is 0.0690. The first kappa shape index (κ1) is 12.2. The second kappa shape index (κ2) is 5.91. The number of rotatable bonds is 4. The Bertz CT molecular complexity index is 392. The first-order valence-electron chi connectivity index (χ1n) is 5.76. The molecule has 1 saturated heterocycles. The highest BCUT2D eigenvalue weighted by Gasteiger charge is 2.13. The monoisotopic (exact) mass is 252 g/mol. The molecule has 0 aromatic carbocycles. The summed E-state index contributed by atoms with van der Waals surface area (Å²) in [5, 5.41) is 12.1. The Hall–Kier alpha value is -1.23. The predicted molar refractivity (Wildman–Crippen MR) is 69.7 cm³/mol. The van der Waals surface area contributed by atoms with Gasteiger partial charge in [0, 0.05) is 18.4 Å². The number of carbonyl (C=O) groups is 1. The van der Waals surface area contributed by atoms with Crippen LogP contribution in [0.15, 0.2) is 18.3 Å². The van der Waals surface area contributed by atoms with Crippen molar-refractivity contribution in [3.8, 4) is 0 Å². The van der Waals surface area contributed by atoms with Crippen molar-refractivity contribution >= 4 is 23.4 Å². The van der Waals surface area contributed by atoms with Crippen LogP contribution in [0, 0.1) is 5.92 Å². The summed E-state index contributed by atoms with van der Waals surface area (Å²) in [4.78, 5) is 14.6. The van der Waals surface area contributed by atoms with Gasteiger partial charge in [-0.05, 0) is 42.4 Å². The quantitative estimate of drug-likeness (QED) is 0.861. The number of hydrogen-bond donors (Lipinski definition) is 2. The van der Waals surface area contributed by atoms with Gasteiger partial charge in [-0.2, -0.15) is 11.8 Å². The summed E-state index contributed by atoms with van der Waals surface area (Å²) < 4.78 is 0. The molecule has 5 heteroatoms. The molecule has 1 fully saturated rings. The predicted octanol–water partition coefficient (Wildman–Crippen LogP) is 2.33. The third-order valence-corrected chi connectivity index (χ3v) is 3.96. The zero-order valence-electron chi connectivity index (χ0n) is 9.56. The lowest BCUT2D eigenvalue weighted by atomic mass is 10.0. The number of thioether (sulfide) groups is 1. The molecule has 0 amide bonds. The molecule has 92 valence electrons. The average molecular weight is 252 g/mol. The molecule has 0 saturated carbocycles. The summed E-state index contributed by atoms with van der Waals surface area (Å²) in [6.07, 6.45) is 4.02. The van der Waals surface area contributed by atoms with Gasteiger partial charge < -0.3 is 10.4 Å². The SMILES string of the molecule is O=C(O)c1cc(NCC2CCSCC2)ccn1. The van der Waals surface area contributed by atoms with E-state index in [1.165, 1.54) is 30.5 Å². The summed E-state index contributed by atoms with van der Waals surface area (Å²) in [5.41, 5.74) is 0.935. The zero-order valence-corrected chi connectivity index (χ0v) is 10.4. The number of hydrogen-bond acceptors (Lipinski definition) is 4. The van der Waals surface area contributed by atoms with E-state index >= 15 is 0 Å². The van der Waals surface area contributed by atoms with E-state index in [-0.39, 0.29) is 5.69 Å². The number of aromatic nitrogens is 1. The summed E-state index contributed by atoms with van der Waals surface area (Å²) in [5.74, 6) is 2.20. The van der Waals surface area contributed by atoms with Crippen molar-refractivity contribution in [2.75, 3.05) is 23.4 Å². The molecule has 0 unspecified atom stereocenters. The Morgan fingerprint density at radius 1 is 1.53 bits per heavy atom. The maximum absolute atomic E-state index is 10.8. The third-order valence-electron chi connectivity index (χ3n) is 2.91. The van der Waals surface area contributed by atoms with E-state index in [9.17, 15) is 4.79 Å². The molecule has 17 heavy (non-hydrogen) atoms. The van der Waals surface area contributed by atoms with Gasteiger partial charge in [0.15, 0.2) is 0 Å². The van der Waals surface area contributed by atoms with Gasteiger partial charge in [-0.1, -0.05) is 0 Å². The fourth-order valence-corrected chi connectivity index (χ4v) is 3.07. The van der Waals surface area contributed by atoms with E-state index in [1.54, 1.807) is 6.07 Å². The standard InChI is InChI=1S/C12H16N2O2S/c15-12(16)11-7-10(1-4-13-11)14-8-9-2-5-17-6-3-9/h1,4,7,9H,2-3,5-6,8H2,(H,13,14)(H,15,16). The van der Waals surface area contributed by atoms with Crippen LogP contribution in [0.5, 0.6) is 0 Å². The number of aromatic carboxylic acids is 1. The summed E-state index contributed by atoms with van der Waals surface area (Å²) >= 11 is 2.01. The van der Waals surface area contributed by atoms with Gasteiger partial charge >= 0.3 is 5.97 Å². The van der Waals surface area contributed by atoms with Crippen LogP contribution >= 0.6 is 11.8 Å². The van der Waals surface area contributed by atoms with Crippen molar-refractivity contribution in [2.45, 2.75) is 12.8 Å². The molecule has 0 bridgehead atoms. The van der Waals surface area contributed by atoms with Gasteiger partial charge in [0.25, 0.3) is 0 Å². The van der Waals surface area contributed by atoms with Crippen LogP contribution in [0.1, 0.15) is 23.3 Å². The fourth-order valence-electron chi connectivity index (χ4n) is 1.87. The van der Waals surface area contributed by atoms with Gasteiger partial charge in [-0.15, -0.1) is 0 Å².